The summed E-state index contributed by atoms with van der Waals surface area (Å²) in [6, 6.07) is 15.0. The second kappa shape index (κ2) is 10.9. The number of carbonyl (C=O) groups excluding carboxylic acids is 2. The van der Waals surface area contributed by atoms with Gasteiger partial charge in [0.2, 0.25) is 0 Å². The predicted octanol–water partition coefficient (Wildman–Crippen LogP) is 2.90. The minimum absolute atomic E-state index is 0.00948. The first kappa shape index (κ1) is 23.4. The SMILES string of the molecule is Cc1ccc(CNC(=O)N(C)CCc2noc(-c3ccc(C(=O)N4CCOCC4)cc3)n2)cc1. The Bertz CT molecular complexity index is 1110. The van der Waals surface area contributed by atoms with E-state index >= 15 is 0 Å². The molecule has 9 nitrogen and oxygen atoms in total. The Hall–Kier alpha value is -3.72. The van der Waals surface area contributed by atoms with Crippen LogP contribution in [0.4, 0.5) is 4.79 Å². The molecule has 34 heavy (non-hydrogen) atoms. The third-order valence-corrected chi connectivity index (χ3v) is 5.73. The minimum Gasteiger partial charge on any atom is -0.378 e. The number of rotatable bonds is 7. The first-order valence-electron chi connectivity index (χ1n) is 11.3. The number of hydrogen-bond donors (Lipinski definition) is 1. The van der Waals surface area contributed by atoms with Crippen LogP contribution in [0.25, 0.3) is 11.5 Å². The molecule has 1 aliphatic heterocycles. The lowest BCUT2D eigenvalue weighted by atomic mass is 10.1. The van der Waals surface area contributed by atoms with Crippen molar-refractivity contribution < 1.29 is 18.8 Å². The molecule has 178 valence electrons. The number of carbonyl (C=O) groups is 2. The molecule has 3 aromatic rings. The molecule has 0 unspecified atom stereocenters. The molecule has 0 aliphatic carbocycles. The van der Waals surface area contributed by atoms with Crippen LogP contribution in [0.3, 0.4) is 0 Å². The van der Waals surface area contributed by atoms with Gasteiger partial charge < -0.3 is 24.4 Å². The lowest BCUT2D eigenvalue weighted by molar-refractivity contribution is 0.0303. The zero-order valence-corrected chi connectivity index (χ0v) is 19.5. The van der Waals surface area contributed by atoms with Gasteiger partial charge in [0.15, 0.2) is 5.82 Å². The standard InChI is InChI=1S/C25H29N5O4/c1-18-3-5-19(6-4-18)17-26-25(32)29(2)12-11-22-27-23(34-28-22)20-7-9-21(10-8-20)24(31)30-13-15-33-16-14-30/h3-10H,11-17H2,1-2H3,(H,26,32). The number of nitrogens with one attached hydrogen (secondary N) is 1. The van der Waals surface area contributed by atoms with E-state index in [0.717, 1.165) is 11.1 Å². The minimum atomic E-state index is -0.162. The molecule has 1 aromatic heterocycles. The Morgan fingerprint density at radius 1 is 1.06 bits per heavy atom. The van der Waals surface area contributed by atoms with Crippen LogP contribution in [-0.4, -0.2) is 71.8 Å². The van der Waals surface area contributed by atoms with E-state index in [1.807, 2.05) is 31.2 Å². The van der Waals surface area contributed by atoms with Crippen molar-refractivity contribution in [3.05, 3.63) is 71.0 Å². The number of nitrogens with zero attached hydrogens (tertiary/aromatic N) is 4. The van der Waals surface area contributed by atoms with Gasteiger partial charge in [0.05, 0.1) is 13.2 Å². The van der Waals surface area contributed by atoms with Gasteiger partial charge in [-0.3, -0.25) is 4.79 Å². The zero-order valence-electron chi connectivity index (χ0n) is 19.5. The molecule has 4 rings (SSSR count). The van der Waals surface area contributed by atoms with E-state index in [1.165, 1.54) is 5.56 Å². The van der Waals surface area contributed by atoms with E-state index in [4.69, 9.17) is 9.26 Å². The van der Waals surface area contributed by atoms with E-state index in [9.17, 15) is 9.59 Å². The van der Waals surface area contributed by atoms with Gasteiger partial charge in [0.25, 0.3) is 11.8 Å². The highest BCUT2D eigenvalue weighted by Crippen LogP contribution is 2.19. The average molecular weight is 464 g/mol. The Kier molecular flexibility index (Phi) is 7.54. The fourth-order valence-electron chi connectivity index (χ4n) is 3.56. The van der Waals surface area contributed by atoms with Crippen LogP contribution in [0.5, 0.6) is 0 Å². The molecule has 1 fully saturated rings. The zero-order chi connectivity index (χ0) is 23.9. The fourth-order valence-corrected chi connectivity index (χ4v) is 3.56. The molecule has 0 spiro atoms. The number of morpholine rings is 1. The van der Waals surface area contributed by atoms with Crippen LogP contribution >= 0.6 is 0 Å². The van der Waals surface area contributed by atoms with Crippen LogP contribution in [0.2, 0.25) is 0 Å². The maximum Gasteiger partial charge on any atom is 0.317 e. The number of aromatic nitrogens is 2. The molecule has 2 heterocycles. The summed E-state index contributed by atoms with van der Waals surface area (Å²) in [5.41, 5.74) is 3.59. The lowest BCUT2D eigenvalue weighted by Crippen LogP contribution is -2.40. The fraction of sp³-hybridized carbons (Fsp3) is 0.360. The van der Waals surface area contributed by atoms with Crippen molar-refractivity contribution in [2.75, 3.05) is 39.9 Å². The molecule has 1 aliphatic rings. The number of urea groups is 1. The van der Waals surface area contributed by atoms with E-state index in [0.29, 0.717) is 63.1 Å². The molecule has 1 saturated heterocycles. The van der Waals surface area contributed by atoms with Crippen molar-refractivity contribution in [3.8, 4) is 11.5 Å². The summed E-state index contributed by atoms with van der Waals surface area (Å²) < 4.78 is 10.7. The Labute approximate surface area is 198 Å². The normalized spacial score (nSPS) is 13.5. The highest BCUT2D eigenvalue weighted by Gasteiger charge is 2.19. The Balaban J connectivity index is 1.27. The maximum absolute atomic E-state index is 12.6. The number of aryl methyl sites for hydroxylation is 1. The topological polar surface area (TPSA) is 101 Å². The van der Waals surface area contributed by atoms with Crippen molar-refractivity contribution >= 4 is 11.9 Å². The molecular formula is C25H29N5O4. The highest BCUT2D eigenvalue weighted by molar-refractivity contribution is 5.94. The first-order chi connectivity index (χ1) is 16.5. The third-order valence-electron chi connectivity index (χ3n) is 5.73. The summed E-state index contributed by atoms with van der Waals surface area (Å²) in [5.74, 6) is 0.887. The van der Waals surface area contributed by atoms with Crippen LogP contribution in [0.15, 0.2) is 53.1 Å². The summed E-state index contributed by atoms with van der Waals surface area (Å²) in [6.07, 6.45) is 0.464. The molecular weight excluding hydrogens is 434 g/mol. The number of likely N-dealkylation sites (N-methyl/N-ethyl adjacent to an activating group) is 1. The van der Waals surface area contributed by atoms with Gasteiger partial charge in [-0.25, -0.2) is 4.79 Å². The maximum atomic E-state index is 12.6. The molecule has 0 radical (unpaired) electrons. The van der Waals surface area contributed by atoms with E-state index in [1.54, 1.807) is 41.1 Å². The van der Waals surface area contributed by atoms with Gasteiger partial charge in [0.1, 0.15) is 0 Å². The summed E-state index contributed by atoms with van der Waals surface area (Å²) >= 11 is 0. The lowest BCUT2D eigenvalue weighted by Gasteiger charge is -2.26. The molecule has 3 amide bonds. The molecule has 0 atom stereocenters. The van der Waals surface area contributed by atoms with Crippen LogP contribution in [0, 0.1) is 6.92 Å². The largest absolute Gasteiger partial charge is 0.378 e. The van der Waals surface area contributed by atoms with Gasteiger partial charge in [-0.1, -0.05) is 35.0 Å². The summed E-state index contributed by atoms with van der Waals surface area (Å²) in [6.45, 7) is 5.29. The first-order valence-corrected chi connectivity index (χ1v) is 11.3. The molecule has 2 aromatic carbocycles. The van der Waals surface area contributed by atoms with Gasteiger partial charge in [-0.15, -0.1) is 0 Å². The quantitative estimate of drug-likeness (QED) is 0.578. The number of benzene rings is 2. The Morgan fingerprint density at radius 3 is 2.47 bits per heavy atom. The smallest absolute Gasteiger partial charge is 0.317 e. The van der Waals surface area contributed by atoms with E-state index in [-0.39, 0.29) is 11.9 Å². The number of hydrogen-bond acceptors (Lipinski definition) is 6. The van der Waals surface area contributed by atoms with Gasteiger partial charge >= 0.3 is 6.03 Å². The van der Waals surface area contributed by atoms with E-state index in [2.05, 4.69) is 15.5 Å². The van der Waals surface area contributed by atoms with Crippen LogP contribution in [0.1, 0.15) is 27.3 Å². The average Bonchev–Trinajstić information content (AvgIpc) is 3.36. The van der Waals surface area contributed by atoms with Crippen LogP contribution in [-0.2, 0) is 17.7 Å². The van der Waals surface area contributed by atoms with Crippen molar-refractivity contribution in [3.63, 3.8) is 0 Å². The second-order valence-electron chi connectivity index (χ2n) is 8.31. The summed E-state index contributed by atoms with van der Waals surface area (Å²) in [7, 11) is 1.73. The van der Waals surface area contributed by atoms with Gasteiger partial charge in [0, 0.05) is 50.8 Å². The summed E-state index contributed by atoms with van der Waals surface area (Å²) in [4.78, 5) is 32.7. The van der Waals surface area contributed by atoms with E-state index < -0.39 is 0 Å². The molecule has 0 bridgehead atoms. The molecule has 1 N–H and O–H groups in total. The van der Waals surface area contributed by atoms with Crippen molar-refractivity contribution in [2.24, 2.45) is 0 Å². The van der Waals surface area contributed by atoms with Gasteiger partial charge in [-0.05, 0) is 36.8 Å². The van der Waals surface area contributed by atoms with Crippen molar-refractivity contribution in [1.82, 2.24) is 25.3 Å². The number of ether oxygens (including phenoxy) is 1. The van der Waals surface area contributed by atoms with Crippen molar-refractivity contribution in [2.45, 2.75) is 19.9 Å². The Morgan fingerprint density at radius 2 is 1.76 bits per heavy atom. The molecule has 0 saturated carbocycles. The van der Waals surface area contributed by atoms with Gasteiger partial charge in [-0.2, -0.15) is 4.98 Å². The van der Waals surface area contributed by atoms with Crippen LogP contribution < -0.4 is 5.32 Å². The second-order valence-corrected chi connectivity index (χ2v) is 8.31. The predicted molar refractivity (Wildman–Crippen MR) is 126 cm³/mol. The number of amides is 3. The third kappa shape index (κ3) is 5.99. The highest BCUT2D eigenvalue weighted by atomic mass is 16.5. The monoisotopic (exact) mass is 463 g/mol. The molecule has 9 heteroatoms. The summed E-state index contributed by atoms with van der Waals surface area (Å²) in [5, 5.41) is 6.93. The van der Waals surface area contributed by atoms with Crippen molar-refractivity contribution in [1.29, 1.82) is 0 Å².